The zero-order chi connectivity index (χ0) is 23.0. The molecular formula is C16H15ClF4N4O4S2. The number of carbonyl (C=O) groups is 1. The Kier molecular flexibility index (Phi) is 6.64. The second-order valence-electron chi connectivity index (χ2n) is 6.50. The molecule has 0 spiro atoms. The van der Waals surface area contributed by atoms with E-state index in [1.807, 2.05) is 6.92 Å². The molecule has 1 aromatic heterocycles. The van der Waals surface area contributed by atoms with E-state index in [1.54, 1.807) is 0 Å². The highest BCUT2D eigenvalue weighted by Gasteiger charge is 2.45. The highest BCUT2D eigenvalue weighted by molar-refractivity contribution is 7.92. The van der Waals surface area contributed by atoms with Gasteiger partial charge in [-0.2, -0.15) is 21.6 Å². The Hall–Kier alpha value is -2.16. The molecule has 1 saturated heterocycles. The van der Waals surface area contributed by atoms with Gasteiger partial charge in [-0.25, -0.2) is 14.2 Å². The van der Waals surface area contributed by atoms with Crippen molar-refractivity contribution in [2.24, 2.45) is 0 Å². The smallest absolute Gasteiger partial charge is 0.379 e. The molecule has 0 bridgehead atoms. The number of hydrogen-bond acceptors (Lipinski definition) is 8. The van der Waals surface area contributed by atoms with Gasteiger partial charge >= 0.3 is 12.1 Å². The van der Waals surface area contributed by atoms with Gasteiger partial charge in [-0.3, -0.25) is 0 Å². The fraction of sp³-hybridized carbons (Fsp3) is 0.375. The van der Waals surface area contributed by atoms with E-state index in [4.69, 9.17) is 11.6 Å². The zero-order valence-corrected chi connectivity index (χ0v) is 18.0. The normalized spacial score (nSPS) is 19.3. The average Bonchev–Trinajstić information content (AvgIpc) is 3.33. The Bertz CT molecular complexity index is 1070. The number of thiazole rings is 1. The summed E-state index contributed by atoms with van der Waals surface area (Å²) in [4.78, 5) is 17.7. The van der Waals surface area contributed by atoms with Crippen molar-refractivity contribution in [2.75, 3.05) is 16.3 Å². The number of benzene rings is 1. The fourth-order valence-electron chi connectivity index (χ4n) is 2.82. The van der Waals surface area contributed by atoms with Gasteiger partial charge in [0, 0.05) is 17.5 Å². The number of rotatable bonds is 6. The van der Waals surface area contributed by atoms with Gasteiger partial charge in [-0.15, -0.1) is 11.3 Å². The molecule has 0 aliphatic carbocycles. The van der Waals surface area contributed by atoms with Crippen LogP contribution in [-0.4, -0.2) is 44.2 Å². The van der Waals surface area contributed by atoms with Gasteiger partial charge in [0.1, 0.15) is 10.7 Å². The second kappa shape index (κ2) is 8.76. The summed E-state index contributed by atoms with van der Waals surface area (Å²) >= 11 is 6.92. The zero-order valence-electron chi connectivity index (χ0n) is 15.6. The summed E-state index contributed by atoms with van der Waals surface area (Å²) in [5, 5.41) is 6.98. The van der Waals surface area contributed by atoms with Crippen LogP contribution in [0, 0.1) is 5.82 Å². The molecule has 170 valence electrons. The predicted octanol–water partition coefficient (Wildman–Crippen LogP) is 3.31. The summed E-state index contributed by atoms with van der Waals surface area (Å²) in [5.41, 5.74) is 1.19. The number of nitrogens with zero attached hydrogens (tertiary/aromatic N) is 2. The largest absolute Gasteiger partial charge is 0.493 e. The minimum atomic E-state index is -5.50. The highest BCUT2D eigenvalue weighted by atomic mass is 35.5. The van der Waals surface area contributed by atoms with Crippen LogP contribution in [-0.2, 0) is 19.7 Å². The van der Waals surface area contributed by atoms with E-state index < -0.39 is 38.7 Å². The van der Waals surface area contributed by atoms with Crippen LogP contribution in [0.3, 0.4) is 0 Å². The van der Waals surface area contributed by atoms with Crippen LogP contribution in [0.2, 0.25) is 5.02 Å². The Morgan fingerprint density at radius 1 is 1.42 bits per heavy atom. The van der Waals surface area contributed by atoms with Crippen molar-refractivity contribution < 1.29 is 35.6 Å². The van der Waals surface area contributed by atoms with Gasteiger partial charge < -0.3 is 15.5 Å². The summed E-state index contributed by atoms with van der Waals surface area (Å²) < 4.78 is 78.1. The molecule has 15 heteroatoms. The average molecular weight is 503 g/mol. The third-order valence-electron chi connectivity index (χ3n) is 4.39. The lowest BCUT2D eigenvalue weighted by Gasteiger charge is -2.22. The van der Waals surface area contributed by atoms with Gasteiger partial charge in [-0.05, 0) is 32.0 Å². The minimum Gasteiger partial charge on any atom is -0.379 e. The van der Waals surface area contributed by atoms with Crippen LogP contribution in [0.1, 0.15) is 13.3 Å². The van der Waals surface area contributed by atoms with Crippen molar-refractivity contribution in [1.82, 2.24) is 10.3 Å². The van der Waals surface area contributed by atoms with Crippen molar-refractivity contribution >= 4 is 50.4 Å². The maximum absolute atomic E-state index is 14.8. The molecule has 2 N–H and O–H groups in total. The first kappa shape index (κ1) is 23.5. The molecule has 1 aromatic carbocycles. The molecule has 8 nitrogen and oxygen atoms in total. The Morgan fingerprint density at radius 3 is 2.68 bits per heavy atom. The number of aromatic nitrogens is 1. The number of nitrogens with one attached hydrogen (secondary N) is 2. The van der Waals surface area contributed by atoms with Crippen LogP contribution in [0.25, 0.3) is 0 Å². The SMILES string of the molecule is C[C@H]1NCC[C@H]1Nc1cc(F)c(S(=O)(=O)N(OC(=O)C(F)(F)F)c2cscn2)cc1Cl. The molecule has 2 atom stereocenters. The first-order valence-corrected chi connectivity index (χ1v) is 11.4. The summed E-state index contributed by atoms with van der Waals surface area (Å²) in [6.07, 6.45) is -4.79. The summed E-state index contributed by atoms with van der Waals surface area (Å²) in [6, 6.07) is 1.48. The molecule has 3 rings (SSSR count). The van der Waals surface area contributed by atoms with E-state index in [-0.39, 0.29) is 27.3 Å². The van der Waals surface area contributed by atoms with Gasteiger partial charge in [0.2, 0.25) is 0 Å². The lowest BCUT2D eigenvalue weighted by molar-refractivity contribution is -0.199. The molecule has 2 heterocycles. The van der Waals surface area contributed by atoms with Gasteiger partial charge in [0.05, 0.1) is 16.2 Å². The minimum absolute atomic E-state index is 0.0458. The van der Waals surface area contributed by atoms with Crippen LogP contribution in [0.15, 0.2) is 27.9 Å². The van der Waals surface area contributed by atoms with Crippen LogP contribution in [0.5, 0.6) is 0 Å². The number of sulfonamides is 1. The molecule has 0 amide bonds. The van der Waals surface area contributed by atoms with Gasteiger partial charge in [-0.1, -0.05) is 16.1 Å². The van der Waals surface area contributed by atoms with Gasteiger partial charge in [0.25, 0.3) is 10.0 Å². The third kappa shape index (κ3) is 5.02. The maximum atomic E-state index is 14.8. The molecule has 31 heavy (non-hydrogen) atoms. The fourth-order valence-corrected chi connectivity index (χ4v) is 4.94. The molecule has 1 fully saturated rings. The van der Waals surface area contributed by atoms with Crippen LogP contribution in [0.4, 0.5) is 29.1 Å². The molecular weight excluding hydrogens is 488 g/mol. The van der Waals surface area contributed by atoms with Gasteiger partial charge in [0.15, 0.2) is 5.82 Å². The van der Waals surface area contributed by atoms with E-state index in [9.17, 15) is 30.8 Å². The van der Waals surface area contributed by atoms with Crippen molar-refractivity contribution in [2.45, 2.75) is 36.5 Å². The first-order valence-electron chi connectivity index (χ1n) is 8.63. The van der Waals surface area contributed by atoms with E-state index in [1.165, 1.54) is 0 Å². The van der Waals surface area contributed by atoms with Crippen molar-refractivity contribution in [3.8, 4) is 0 Å². The van der Waals surface area contributed by atoms with E-state index >= 15 is 0 Å². The molecule has 2 aromatic rings. The monoisotopic (exact) mass is 502 g/mol. The van der Waals surface area contributed by atoms with Crippen molar-refractivity contribution in [1.29, 1.82) is 0 Å². The van der Waals surface area contributed by atoms with E-state index in [0.29, 0.717) is 6.42 Å². The topological polar surface area (TPSA) is 101 Å². The molecule has 0 saturated carbocycles. The van der Waals surface area contributed by atoms with Crippen molar-refractivity contribution in [3.63, 3.8) is 0 Å². The highest BCUT2D eigenvalue weighted by Crippen LogP contribution is 2.33. The number of carbonyl (C=O) groups excluding carboxylic acids is 1. The third-order valence-corrected chi connectivity index (χ3v) is 6.84. The lowest BCUT2D eigenvalue weighted by Crippen LogP contribution is -2.39. The Morgan fingerprint density at radius 2 is 2.13 bits per heavy atom. The molecule has 0 radical (unpaired) electrons. The summed E-state index contributed by atoms with van der Waals surface area (Å²) in [6.45, 7) is 2.62. The summed E-state index contributed by atoms with van der Waals surface area (Å²) in [5.74, 6) is -4.79. The first-order chi connectivity index (χ1) is 14.4. The quantitative estimate of drug-likeness (QED) is 0.461. The van der Waals surface area contributed by atoms with E-state index in [2.05, 4.69) is 20.5 Å². The Balaban J connectivity index is 1.98. The molecule has 0 unspecified atom stereocenters. The van der Waals surface area contributed by atoms with Crippen molar-refractivity contribution in [3.05, 3.63) is 33.9 Å². The molecule has 1 aliphatic heterocycles. The number of halogens is 5. The second-order valence-corrected chi connectivity index (χ2v) is 9.35. The molecule has 1 aliphatic rings. The maximum Gasteiger partial charge on any atom is 0.493 e. The Labute approximate surface area is 183 Å². The summed E-state index contributed by atoms with van der Waals surface area (Å²) in [7, 11) is -5.15. The van der Waals surface area contributed by atoms with E-state index in [0.717, 1.165) is 40.9 Å². The predicted molar refractivity (Wildman–Crippen MR) is 105 cm³/mol. The lowest BCUT2D eigenvalue weighted by atomic mass is 10.1. The van der Waals surface area contributed by atoms with Crippen LogP contribution < -0.4 is 15.1 Å². The number of hydrogen-bond donors (Lipinski definition) is 2. The number of anilines is 2. The standard InChI is InChI=1S/C16H15ClF4N4O4S2/c1-8-11(2-3-22-8)24-12-5-10(18)13(4-9(12)17)31(27,28)25(14-6-30-7-23-14)29-15(26)16(19,20)21/h4-8,11,22,24H,2-3H2,1H3/t8-,11-/m1/s1. The van der Waals surface area contributed by atoms with Crippen LogP contribution >= 0.6 is 22.9 Å². The number of alkyl halides is 3.